The fourth-order valence-electron chi connectivity index (χ4n) is 4.48. The number of ketones is 1. The van der Waals surface area contributed by atoms with Gasteiger partial charge in [0.2, 0.25) is 11.8 Å². The molecule has 2 aliphatic rings. The molecule has 166 valence electrons. The van der Waals surface area contributed by atoms with Crippen LogP contribution in [-0.2, 0) is 19.1 Å². The third kappa shape index (κ3) is 8.45. The SMILES string of the molecule is CCC(=O)N[C@H]1CC[C@@H](OCCCC(=O)N[C@H]2CC[C@@H](C(=O)C(C)C)CC2)CC1. The molecule has 2 rings (SSSR count). The molecule has 0 aromatic heterocycles. The predicted octanol–water partition coefficient (Wildman–Crippen LogP) is 3.52. The Morgan fingerprint density at radius 3 is 1.97 bits per heavy atom. The summed E-state index contributed by atoms with van der Waals surface area (Å²) >= 11 is 0. The highest BCUT2D eigenvalue weighted by Crippen LogP contribution is 2.27. The Morgan fingerprint density at radius 1 is 0.862 bits per heavy atom. The molecule has 0 aliphatic heterocycles. The van der Waals surface area contributed by atoms with Crippen LogP contribution in [0.25, 0.3) is 0 Å². The molecule has 0 heterocycles. The van der Waals surface area contributed by atoms with Crippen molar-refractivity contribution in [2.45, 2.75) is 110 Å². The van der Waals surface area contributed by atoms with Crippen molar-refractivity contribution in [2.75, 3.05) is 6.61 Å². The predicted molar refractivity (Wildman–Crippen MR) is 113 cm³/mol. The molecular formula is C23H40N2O4. The summed E-state index contributed by atoms with van der Waals surface area (Å²) in [7, 11) is 0. The van der Waals surface area contributed by atoms with Gasteiger partial charge >= 0.3 is 0 Å². The minimum absolute atomic E-state index is 0.0956. The molecule has 0 aromatic carbocycles. The Labute approximate surface area is 175 Å². The van der Waals surface area contributed by atoms with Crippen molar-refractivity contribution in [1.82, 2.24) is 10.6 Å². The van der Waals surface area contributed by atoms with Gasteiger partial charge in [0.15, 0.2) is 0 Å². The number of amides is 2. The summed E-state index contributed by atoms with van der Waals surface area (Å²) in [6.45, 7) is 6.42. The van der Waals surface area contributed by atoms with Gasteiger partial charge < -0.3 is 15.4 Å². The van der Waals surface area contributed by atoms with Crippen molar-refractivity contribution < 1.29 is 19.1 Å². The maximum Gasteiger partial charge on any atom is 0.220 e. The normalized spacial score (nSPS) is 27.4. The third-order valence-corrected chi connectivity index (χ3v) is 6.33. The van der Waals surface area contributed by atoms with E-state index >= 15 is 0 Å². The Kier molecular flexibility index (Phi) is 10.1. The van der Waals surface area contributed by atoms with Gasteiger partial charge in [-0.1, -0.05) is 20.8 Å². The average Bonchev–Trinajstić information content (AvgIpc) is 2.72. The molecule has 2 aliphatic carbocycles. The summed E-state index contributed by atoms with van der Waals surface area (Å²) in [6, 6.07) is 0.507. The van der Waals surface area contributed by atoms with Crippen molar-refractivity contribution in [1.29, 1.82) is 0 Å². The molecule has 0 saturated heterocycles. The zero-order valence-electron chi connectivity index (χ0n) is 18.5. The Hall–Kier alpha value is -1.43. The van der Waals surface area contributed by atoms with E-state index in [0.29, 0.717) is 31.3 Å². The molecule has 2 fully saturated rings. The lowest BCUT2D eigenvalue weighted by Gasteiger charge is -2.29. The van der Waals surface area contributed by atoms with Gasteiger partial charge in [-0.25, -0.2) is 0 Å². The van der Waals surface area contributed by atoms with Crippen LogP contribution < -0.4 is 10.6 Å². The number of Topliss-reactive ketones (excluding diaryl/α,β-unsaturated/α-hetero) is 1. The van der Waals surface area contributed by atoms with Gasteiger partial charge in [0, 0.05) is 43.4 Å². The molecule has 0 spiro atoms. The summed E-state index contributed by atoms with van der Waals surface area (Å²) in [6.07, 6.45) is 9.51. The zero-order valence-corrected chi connectivity index (χ0v) is 18.5. The highest BCUT2D eigenvalue weighted by molar-refractivity contribution is 5.83. The van der Waals surface area contributed by atoms with Gasteiger partial charge in [-0.2, -0.15) is 0 Å². The van der Waals surface area contributed by atoms with Crippen molar-refractivity contribution in [3.8, 4) is 0 Å². The van der Waals surface area contributed by atoms with Gasteiger partial charge in [0.05, 0.1) is 6.10 Å². The third-order valence-electron chi connectivity index (χ3n) is 6.33. The quantitative estimate of drug-likeness (QED) is 0.542. The number of carbonyl (C=O) groups is 3. The number of hydrogen-bond donors (Lipinski definition) is 2. The van der Waals surface area contributed by atoms with E-state index in [1.54, 1.807) is 0 Å². The molecule has 0 aromatic rings. The van der Waals surface area contributed by atoms with E-state index < -0.39 is 0 Å². The van der Waals surface area contributed by atoms with Gasteiger partial charge in [-0.05, 0) is 57.8 Å². The molecule has 0 atom stereocenters. The first-order valence-electron chi connectivity index (χ1n) is 11.6. The number of carbonyl (C=O) groups excluding carboxylic acids is 3. The lowest BCUT2D eigenvalue weighted by atomic mass is 9.80. The zero-order chi connectivity index (χ0) is 21.2. The van der Waals surface area contributed by atoms with Crippen LogP contribution in [0.2, 0.25) is 0 Å². The van der Waals surface area contributed by atoms with Gasteiger partial charge in [0.25, 0.3) is 0 Å². The monoisotopic (exact) mass is 408 g/mol. The van der Waals surface area contributed by atoms with Crippen molar-refractivity contribution in [3.63, 3.8) is 0 Å². The number of hydrogen-bond acceptors (Lipinski definition) is 4. The highest BCUT2D eigenvalue weighted by Gasteiger charge is 2.28. The van der Waals surface area contributed by atoms with E-state index in [1.165, 1.54) is 0 Å². The van der Waals surface area contributed by atoms with Crippen molar-refractivity contribution in [3.05, 3.63) is 0 Å². The van der Waals surface area contributed by atoms with E-state index in [2.05, 4.69) is 10.6 Å². The van der Waals surface area contributed by atoms with Crippen molar-refractivity contribution >= 4 is 17.6 Å². The minimum Gasteiger partial charge on any atom is -0.378 e. The fraction of sp³-hybridized carbons (Fsp3) is 0.870. The number of nitrogens with one attached hydrogen (secondary N) is 2. The van der Waals surface area contributed by atoms with Gasteiger partial charge in [-0.15, -0.1) is 0 Å². The van der Waals surface area contributed by atoms with Crippen LogP contribution >= 0.6 is 0 Å². The molecule has 29 heavy (non-hydrogen) atoms. The molecule has 0 unspecified atom stereocenters. The Bertz CT molecular complexity index is 533. The van der Waals surface area contributed by atoms with Crippen LogP contribution in [0.1, 0.15) is 91.4 Å². The van der Waals surface area contributed by atoms with Crippen LogP contribution in [0, 0.1) is 11.8 Å². The summed E-state index contributed by atoms with van der Waals surface area (Å²) in [4.78, 5) is 35.7. The first-order valence-corrected chi connectivity index (χ1v) is 11.6. The van der Waals surface area contributed by atoms with Crippen LogP contribution in [0.15, 0.2) is 0 Å². The maximum absolute atomic E-state index is 12.2. The topological polar surface area (TPSA) is 84.5 Å². The molecule has 2 amide bonds. The first kappa shape index (κ1) is 23.8. The second kappa shape index (κ2) is 12.3. The molecule has 6 heteroatoms. The molecule has 6 nitrogen and oxygen atoms in total. The highest BCUT2D eigenvalue weighted by atomic mass is 16.5. The largest absolute Gasteiger partial charge is 0.378 e. The molecule has 2 N–H and O–H groups in total. The minimum atomic E-state index is 0.0956. The molecular weight excluding hydrogens is 368 g/mol. The summed E-state index contributed by atoms with van der Waals surface area (Å²) in [5.74, 6) is 0.880. The lowest BCUT2D eigenvalue weighted by Crippen LogP contribution is -2.39. The molecule has 2 saturated carbocycles. The standard InChI is InChI=1S/C23H40N2O4/c1-4-21(26)24-19-11-13-20(14-12-19)29-15-5-6-22(27)25-18-9-7-17(8-10-18)23(28)16(2)3/h16-20H,4-15H2,1-3H3,(H,24,26)(H,25,27)/t17-,18+,19-,20+. The fourth-order valence-corrected chi connectivity index (χ4v) is 4.48. The second-order valence-electron chi connectivity index (χ2n) is 9.04. The number of rotatable bonds is 10. The first-order chi connectivity index (χ1) is 13.9. The Morgan fingerprint density at radius 2 is 1.41 bits per heavy atom. The van der Waals surface area contributed by atoms with Crippen LogP contribution in [-0.4, -0.2) is 42.4 Å². The number of ether oxygens (including phenoxy) is 1. The van der Waals surface area contributed by atoms with E-state index in [4.69, 9.17) is 4.74 Å². The molecule has 0 bridgehead atoms. The Balaban J connectivity index is 1.52. The van der Waals surface area contributed by atoms with Crippen LogP contribution in [0.4, 0.5) is 0 Å². The van der Waals surface area contributed by atoms with Crippen LogP contribution in [0.5, 0.6) is 0 Å². The van der Waals surface area contributed by atoms with E-state index in [-0.39, 0.29) is 35.8 Å². The smallest absolute Gasteiger partial charge is 0.220 e. The average molecular weight is 409 g/mol. The summed E-state index contributed by atoms with van der Waals surface area (Å²) in [5, 5.41) is 6.19. The van der Waals surface area contributed by atoms with Gasteiger partial charge in [-0.3, -0.25) is 14.4 Å². The second-order valence-corrected chi connectivity index (χ2v) is 9.04. The van der Waals surface area contributed by atoms with E-state index in [9.17, 15) is 14.4 Å². The van der Waals surface area contributed by atoms with E-state index in [0.717, 1.165) is 57.8 Å². The van der Waals surface area contributed by atoms with Crippen LogP contribution in [0.3, 0.4) is 0 Å². The summed E-state index contributed by atoms with van der Waals surface area (Å²) < 4.78 is 5.94. The van der Waals surface area contributed by atoms with Gasteiger partial charge in [0.1, 0.15) is 5.78 Å². The maximum atomic E-state index is 12.2. The summed E-state index contributed by atoms with van der Waals surface area (Å²) in [5.41, 5.74) is 0. The lowest BCUT2D eigenvalue weighted by molar-refractivity contribution is -0.127. The molecule has 0 radical (unpaired) electrons. The van der Waals surface area contributed by atoms with Crippen molar-refractivity contribution in [2.24, 2.45) is 11.8 Å². The van der Waals surface area contributed by atoms with E-state index in [1.807, 2.05) is 20.8 Å².